The number of carbonyl (C=O) groups is 4. The third-order valence-corrected chi connectivity index (χ3v) is 13.1. The lowest BCUT2D eigenvalue weighted by Crippen LogP contribution is -2.54. The molecule has 2 unspecified atom stereocenters. The number of alkyl carbamates (subject to hydrolysis) is 1. The Labute approximate surface area is 368 Å². The van der Waals surface area contributed by atoms with E-state index >= 15 is 0 Å². The van der Waals surface area contributed by atoms with Gasteiger partial charge in [-0.25, -0.2) is 20.0 Å². The number of aliphatic imine (C=N–C) groups is 2. The van der Waals surface area contributed by atoms with Crippen LogP contribution in [0.3, 0.4) is 0 Å². The molecule has 0 radical (unpaired) electrons. The van der Waals surface area contributed by atoms with Gasteiger partial charge in [0.15, 0.2) is 5.79 Å². The lowest BCUT2D eigenvalue weighted by Gasteiger charge is -2.36. The zero-order chi connectivity index (χ0) is 44.4. The summed E-state index contributed by atoms with van der Waals surface area (Å²) in [6.07, 6.45) is 7.92. The topological polar surface area (TPSA) is 160 Å². The van der Waals surface area contributed by atoms with Crippen molar-refractivity contribution in [3.63, 3.8) is 0 Å². The maximum Gasteiger partial charge on any atom is 0.425 e. The Bertz CT molecular complexity index is 2380. The van der Waals surface area contributed by atoms with Crippen LogP contribution < -0.4 is 10.7 Å². The fraction of sp³-hybridized carbons (Fsp3) is 0.469. The van der Waals surface area contributed by atoms with Crippen molar-refractivity contribution >= 4 is 57.3 Å². The van der Waals surface area contributed by atoms with Gasteiger partial charge in [-0.2, -0.15) is 0 Å². The Balaban J connectivity index is 0.912. The molecular formula is C49H58N6O8. The van der Waals surface area contributed by atoms with Crippen molar-refractivity contribution in [2.75, 3.05) is 34.0 Å². The number of amides is 4. The van der Waals surface area contributed by atoms with Crippen LogP contribution in [0.4, 0.5) is 9.59 Å². The second kappa shape index (κ2) is 18.5. The number of carbonyl (C=O) groups excluding carboxylic acids is 4. The number of nitrogens with one attached hydrogen (secondary N) is 2. The van der Waals surface area contributed by atoms with Crippen molar-refractivity contribution in [2.45, 2.75) is 96.6 Å². The smallest absolute Gasteiger partial charge is 0.425 e. The molecule has 8 rings (SSSR count). The van der Waals surface area contributed by atoms with Crippen molar-refractivity contribution in [1.29, 1.82) is 0 Å². The van der Waals surface area contributed by atoms with E-state index in [1.54, 1.807) is 4.90 Å². The fourth-order valence-electron chi connectivity index (χ4n) is 9.72. The van der Waals surface area contributed by atoms with Crippen molar-refractivity contribution < 1.29 is 38.1 Å². The van der Waals surface area contributed by atoms with Gasteiger partial charge < -0.3 is 29.2 Å². The summed E-state index contributed by atoms with van der Waals surface area (Å²) in [4.78, 5) is 63.6. The highest BCUT2D eigenvalue weighted by Crippen LogP contribution is 2.41. The normalized spacial score (nSPS) is 22.2. The molecule has 0 bridgehead atoms. The van der Waals surface area contributed by atoms with Gasteiger partial charge in [-0.1, -0.05) is 75.2 Å². The number of hydrogen-bond donors (Lipinski definition) is 2. The van der Waals surface area contributed by atoms with Crippen LogP contribution in [0.5, 0.6) is 0 Å². The molecule has 1 saturated carbocycles. The zero-order valence-corrected chi connectivity index (χ0v) is 37.0. The minimum absolute atomic E-state index is 0.0122. The van der Waals surface area contributed by atoms with Crippen LogP contribution in [-0.2, 0) is 28.5 Å². The molecule has 3 aromatic carbocycles. The number of ether oxygens (including phenoxy) is 4. The first-order valence-corrected chi connectivity index (χ1v) is 22.1. The number of rotatable bonds is 10. The van der Waals surface area contributed by atoms with Gasteiger partial charge in [-0.15, -0.1) is 0 Å². The number of hydrogen-bond acceptors (Lipinski definition) is 10. The second-order valence-electron chi connectivity index (χ2n) is 17.8. The average Bonchev–Trinajstić information content (AvgIpc) is 4.14. The average molecular weight is 859 g/mol. The number of fused-ring (bicyclic) bond motifs is 1. The summed E-state index contributed by atoms with van der Waals surface area (Å²) >= 11 is 0. The molecule has 2 N–H and O–H groups in total. The van der Waals surface area contributed by atoms with Gasteiger partial charge in [0, 0.05) is 61.0 Å². The van der Waals surface area contributed by atoms with Crippen LogP contribution in [0.25, 0.3) is 33.0 Å². The third-order valence-electron chi connectivity index (χ3n) is 13.1. The lowest BCUT2D eigenvalue weighted by molar-refractivity contribution is -0.153. The highest BCUT2D eigenvalue weighted by molar-refractivity contribution is 6.05. The molecule has 332 valence electrons. The second-order valence-corrected chi connectivity index (χ2v) is 17.8. The fourth-order valence-corrected chi connectivity index (χ4v) is 9.72. The van der Waals surface area contributed by atoms with Crippen LogP contribution >= 0.6 is 0 Å². The Kier molecular flexibility index (Phi) is 12.8. The number of hydrazine groups is 1. The van der Waals surface area contributed by atoms with Gasteiger partial charge in [0.25, 0.3) is 0 Å². The van der Waals surface area contributed by atoms with E-state index in [1.165, 1.54) is 19.2 Å². The standard InChI is InChI=1S/C49H58N6O8/c1-29(2)44(52-47(58)60-5)46(57)54-28-49(62-19-20-63-49)25-43(54)42-24-37(26-51-42)32-13-11-31(12-14-32)33-15-16-35-22-36(18-17-34(35)21-33)38-23-41(50-27-38)39-9-7-8-10-40(39)45(56)55(30(3)4)53-48(59)61-6/h11-18,21-22,26-27,29-30,39-40,43-44H,7-10,19-20,23-25,28H2,1-6H3,(H,52,58)(H,53,59)/t39?,40-,43?,44+/m1/s1. The summed E-state index contributed by atoms with van der Waals surface area (Å²) in [5, 5.41) is 6.39. The molecule has 5 aliphatic rings. The first kappa shape index (κ1) is 43.8. The molecule has 0 aromatic heterocycles. The SMILES string of the molecule is COC(=O)N[C@H](C(=O)N1CC2(CC1C1=NC=C(c3ccc(-c4ccc5cc(C6=CN=C(C7CCCC[C@H]7C(=O)N(NC(=O)OC)C(C)C)C6)ccc5c4)cc3)C1)OCCO2)C(C)C. The van der Waals surface area contributed by atoms with E-state index in [4.69, 9.17) is 28.9 Å². The van der Waals surface area contributed by atoms with Gasteiger partial charge in [-0.3, -0.25) is 19.6 Å². The summed E-state index contributed by atoms with van der Waals surface area (Å²) in [7, 11) is 2.58. The van der Waals surface area contributed by atoms with E-state index in [9.17, 15) is 19.2 Å². The van der Waals surface area contributed by atoms with Gasteiger partial charge in [0.05, 0.1) is 40.0 Å². The van der Waals surface area contributed by atoms with Gasteiger partial charge in [0.1, 0.15) is 6.04 Å². The molecule has 4 heterocycles. The summed E-state index contributed by atoms with van der Waals surface area (Å²) < 4.78 is 21.7. The highest BCUT2D eigenvalue weighted by Gasteiger charge is 2.53. The number of methoxy groups -OCH3 is 2. The number of allylic oxidation sites excluding steroid dienone is 2. The first-order valence-electron chi connectivity index (χ1n) is 22.1. The largest absolute Gasteiger partial charge is 0.453 e. The van der Waals surface area contributed by atoms with E-state index in [0.717, 1.165) is 81.3 Å². The molecule has 2 saturated heterocycles. The molecule has 4 amide bonds. The van der Waals surface area contributed by atoms with E-state index in [2.05, 4.69) is 71.4 Å². The van der Waals surface area contributed by atoms with E-state index in [-0.39, 0.29) is 48.2 Å². The van der Waals surface area contributed by atoms with Crippen molar-refractivity contribution in [3.05, 3.63) is 84.2 Å². The predicted octanol–water partition coefficient (Wildman–Crippen LogP) is 7.92. The van der Waals surface area contributed by atoms with Crippen molar-refractivity contribution in [2.24, 2.45) is 27.7 Å². The Hall–Kier alpha value is -5.86. The summed E-state index contributed by atoms with van der Waals surface area (Å²) in [5.74, 6) is -1.61. The van der Waals surface area contributed by atoms with E-state index < -0.39 is 24.0 Å². The summed E-state index contributed by atoms with van der Waals surface area (Å²) in [6.45, 7) is 8.72. The first-order chi connectivity index (χ1) is 30.4. The third kappa shape index (κ3) is 9.15. The highest BCUT2D eigenvalue weighted by atomic mass is 16.7. The maximum atomic E-state index is 14.0. The zero-order valence-electron chi connectivity index (χ0n) is 37.0. The van der Waals surface area contributed by atoms with Gasteiger partial charge in [0.2, 0.25) is 11.8 Å². The monoisotopic (exact) mass is 858 g/mol. The minimum Gasteiger partial charge on any atom is -0.453 e. The molecule has 4 atom stereocenters. The predicted molar refractivity (Wildman–Crippen MR) is 241 cm³/mol. The van der Waals surface area contributed by atoms with Crippen LogP contribution in [0.1, 0.15) is 83.8 Å². The quantitative estimate of drug-likeness (QED) is 0.195. The Morgan fingerprint density at radius 1 is 0.762 bits per heavy atom. The molecular weight excluding hydrogens is 801 g/mol. The maximum absolute atomic E-state index is 14.0. The molecule has 14 heteroatoms. The van der Waals surface area contributed by atoms with Crippen LogP contribution in [0.15, 0.2) is 83.0 Å². The molecule has 3 fully saturated rings. The number of benzene rings is 3. The molecule has 14 nitrogen and oxygen atoms in total. The molecule has 1 spiro atoms. The summed E-state index contributed by atoms with van der Waals surface area (Å²) in [5.41, 5.74) is 11.1. The summed E-state index contributed by atoms with van der Waals surface area (Å²) in [6, 6.07) is 20.2. The molecule has 4 aliphatic heterocycles. The van der Waals surface area contributed by atoms with Crippen LogP contribution in [0, 0.1) is 17.8 Å². The lowest BCUT2D eigenvalue weighted by atomic mass is 9.74. The van der Waals surface area contributed by atoms with Crippen molar-refractivity contribution in [1.82, 2.24) is 20.7 Å². The van der Waals surface area contributed by atoms with E-state index in [1.807, 2.05) is 40.1 Å². The van der Waals surface area contributed by atoms with Crippen molar-refractivity contribution in [3.8, 4) is 11.1 Å². The van der Waals surface area contributed by atoms with Crippen LogP contribution in [0.2, 0.25) is 0 Å². The molecule has 1 aliphatic carbocycles. The number of nitrogens with zero attached hydrogens (tertiary/aromatic N) is 4. The van der Waals surface area contributed by atoms with Gasteiger partial charge in [-0.05, 0) is 88.9 Å². The number of likely N-dealkylation sites (tertiary alicyclic amines) is 1. The van der Waals surface area contributed by atoms with Crippen LogP contribution in [-0.4, -0.2) is 103 Å². The molecule has 63 heavy (non-hydrogen) atoms. The van der Waals surface area contributed by atoms with Gasteiger partial charge >= 0.3 is 12.2 Å². The minimum atomic E-state index is -0.890. The van der Waals surface area contributed by atoms with E-state index in [0.29, 0.717) is 32.5 Å². The Morgan fingerprint density at radius 2 is 1.35 bits per heavy atom. The Morgan fingerprint density at radius 3 is 2.02 bits per heavy atom. The molecule has 3 aromatic rings.